The Labute approximate surface area is 138 Å². The number of rotatable bonds is 6. The highest BCUT2D eigenvalue weighted by atomic mass is 16.5. The van der Waals surface area contributed by atoms with Crippen LogP contribution in [0.5, 0.6) is 0 Å². The summed E-state index contributed by atoms with van der Waals surface area (Å²) >= 11 is 0. The maximum Gasteiger partial charge on any atom is 0.317 e. The van der Waals surface area contributed by atoms with E-state index in [9.17, 15) is 9.90 Å². The van der Waals surface area contributed by atoms with Crippen LogP contribution in [0.4, 0.5) is 4.79 Å². The van der Waals surface area contributed by atoms with Gasteiger partial charge in [0.15, 0.2) is 0 Å². The molecule has 0 aliphatic carbocycles. The maximum absolute atomic E-state index is 12.6. The number of nitrogens with one attached hydrogen (secondary N) is 1. The quantitative estimate of drug-likeness (QED) is 0.844. The van der Waals surface area contributed by atoms with Gasteiger partial charge in [-0.05, 0) is 25.3 Å². The lowest BCUT2D eigenvalue weighted by molar-refractivity contribution is -0.0835. The molecule has 2 rings (SSSR count). The summed E-state index contributed by atoms with van der Waals surface area (Å²) < 4.78 is 5.59. The number of nitrogens with zero attached hydrogens (tertiary/aromatic N) is 1. The Kier molecular flexibility index (Phi) is 6.86. The van der Waals surface area contributed by atoms with Crippen molar-refractivity contribution in [2.45, 2.75) is 51.4 Å². The van der Waals surface area contributed by atoms with Crippen molar-refractivity contribution in [2.24, 2.45) is 0 Å². The van der Waals surface area contributed by atoms with Crippen molar-refractivity contribution >= 4 is 6.03 Å². The van der Waals surface area contributed by atoms with Gasteiger partial charge in [0.25, 0.3) is 0 Å². The van der Waals surface area contributed by atoms with E-state index >= 15 is 0 Å². The molecule has 1 fully saturated rings. The summed E-state index contributed by atoms with van der Waals surface area (Å²) in [6, 6.07) is 10.3. The van der Waals surface area contributed by atoms with Gasteiger partial charge in [-0.25, -0.2) is 4.79 Å². The van der Waals surface area contributed by atoms with Crippen LogP contribution >= 0.6 is 0 Å². The number of aliphatic hydroxyl groups excluding tert-OH is 1. The number of carbonyl (C=O) groups excluding carboxylic acids is 1. The zero-order valence-electron chi connectivity index (χ0n) is 14.1. The average Bonchev–Trinajstić information content (AvgIpc) is 2.55. The van der Waals surface area contributed by atoms with Gasteiger partial charge in [0.05, 0.1) is 25.4 Å². The largest absolute Gasteiger partial charge is 0.394 e. The highest BCUT2D eigenvalue weighted by Gasteiger charge is 2.28. The summed E-state index contributed by atoms with van der Waals surface area (Å²) in [5, 5.41) is 12.4. The van der Waals surface area contributed by atoms with Crippen LogP contribution in [0.3, 0.4) is 0 Å². The first kappa shape index (κ1) is 17.8. The third-order valence-electron chi connectivity index (χ3n) is 4.11. The molecule has 0 radical (unpaired) electrons. The molecule has 128 valence electrons. The molecular weight excluding hydrogens is 292 g/mol. The molecule has 0 saturated carbocycles. The smallest absolute Gasteiger partial charge is 0.317 e. The van der Waals surface area contributed by atoms with Crippen molar-refractivity contribution in [3.8, 4) is 0 Å². The molecule has 1 aliphatic rings. The number of urea groups is 1. The summed E-state index contributed by atoms with van der Waals surface area (Å²) in [5.41, 5.74) is 1.23. The lowest BCUT2D eigenvalue weighted by Crippen LogP contribution is -2.55. The van der Waals surface area contributed by atoms with E-state index < -0.39 is 0 Å². The zero-order chi connectivity index (χ0) is 16.7. The van der Waals surface area contributed by atoms with Crippen molar-refractivity contribution < 1.29 is 14.6 Å². The van der Waals surface area contributed by atoms with Gasteiger partial charge in [-0.15, -0.1) is 0 Å². The SMILES string of the molecule is CCC[C@H](Cc1ccccc1)NC(=O)N1C[C@H](CO)O[C@@H](C)C1. The highest BCUT2D eigenvalue weighted by molar-refractivity contribution is 5.74. The Morgan fingerprint density at radius 3 is 2.78 bits per heavy atom. The predicted octanol–water partition coefficient (Wildman–Crippen LogP) is 2.19. The number of ether oxygens (including phenoxy) is 1. The lowest BCUT2D eigenvalue weighted by atomic mass is 10.0. The fraction of sp³-hybridized carbons (Fsp3) is 0.611. The number of aliphatic hydroxyl groups is 1. The Morgan fingerprint density at radius 1 is 1.39 bits per heavy atom. The number of morpholine rings is 1. The van der Waals surface area contributed by atoms with E-state index in [0.29, 0.717) is 13.1 Å². The minimum atomic E-state index is -0.289. The molecule has 1 aromatic carbocycles. The molecule has 3 atom stereocenters. The van der Waals surface area contributed by atoms with Gasteiger partial charge in [0, 0.05) is 12.6 Å². The van der Waals surface area contributed by atoms with E-state index in [4.69, 9.17) is 4.74 Å². The van der Waals surface area contributed by atoms with Gasteiger partial charge >= 0.3 is 6.03 Å². The fourth-order valence-electron chi connectivity index (χ4n) is 3.05. The summed E-state index contributed by atoms with van der Waals surface area (Å²) in [6.45, 7) is 5.00. The summed E-state index contributed by atoms with van der Waals surface area (Å²) in [5.74, 6) is 0. The molecule has 0 spiro atoms. The third-order valence-corrected chi connectivity index (χ3v) is 4.11. The van der Waals surface area contributed by atoms with Crippen LogP contribution in [-0.2, 0) is 11.2 Å². The van der Waals surface area contributed by atoms with E-state index in [-0.39, 0.29) is 30.9 Å². The Balaban J connectivity index is 1.94. The standard InChI is InChI=1S/C18H28N2O3/c1-3-7-16(10-15-8-5-4-6-9-15)19-18(22)20-11-14(2)23-17(12-20)13-21/h4-6,8-9,14,16-17,21H,3,7,10-13H2,1-2H3,(H,19,22)/t14-,16+,17+/m0/s1. The van der Waals surface area contributed by atoms with E-state index in [2.05, 4.69) is 24.4 Å². The normalized spacial score (nSPS) is 22.7. The molecule has 1 aromatic rings. The maximum atomic E-state index is 12.6. The second-order valence-corrected chi connectivity index (χ2v) is 6.28. The Bertz CT molecular complexity index is 480. The van der Waals surface area contributed by atoms with Crippen molar-refractivity contribution in [3.63, 3.8) is 0 Å². The van der Waals surface area contributed by atoms with Crippen LogP contribution < -0.4 is 5.32 Å². The molecule has 0 bridgehead atoms. The zero-order valence-corrected chi connectivity index (χ0v) is 14.1. The molecule has 1 heterocycles. The van der Waals surface area contributed by atoms with E-state index in [1.165, 1.54) is 5.56 Å². The van der Waals surface area contributed by atoms with Crippen molar-refractivity contribution in [2.75, 3.05) is 19.7 Å². The van der Waals surface area contributed by atoms with Gasteiger partial charge in [-0.2, -0.15) is 0 Å². The number of benzene rings is 1. The van der Waals surface area contributed by atoms with Crippen LogP contribution in [-0.4, -0.2) is 54.0 Å². The molecule has 0 unspecified atom stereocenters. The van der Waals surface area contributed by atoms with Crippen LogP contribution in [0.25, 0.3) is 0 Å². The summed E-state index contributed by atoms with van der Waals surface area (Å²) in [6.07, 6.45) is 2.47. The lowest BCUT2D eigenvalue weighted by Gasteiger charge is -2.36. The number of amides is 2. The fourth-order valence-corrected chi connectivity index (χ4v) is 3.05. The minimum absolute atomic E-state index is 0.0506. The molecule has 5 nitrogen and oxygen atoms in total. The molecule has 2 N–H and O–H groups in total. The second kappa shape index (κ2) is 8.89. The topological polar surface area (TPSA) is 61.8 Å². The van der Waals surface area contributed by atoms with Crippen molar-refractivity contribution in [3.05, 3.63) is 35.9 Å². The van der Waals surface area contributed by atoms with Crippen LogP contribution in [0.2, 0.25) is 0 Å². The average molecular weight is 320 g/mol. The predicted molar refractivity (Wildman–Crippen MR) is 90.4 cm³/mol. The van der Waals surface area contributed by atoms with Crippen LogP contribution in [0, 0.1) is 0 Å². The minimum Gasteiger partial charge on any atom is -0.394 e. The third kappa shape index (κ3) is 5.52. The van der Waals surface area contributed by atoms with Gasteiger partial charge < -0.3 is 20.1 Å². The van der Waals surface area contributed by atoms with Gasteiger partial charge in [-0.3, -0.25) is 0 Å². The Morgan fingerprint density at radius 2 is 2.13 bits per heavy atom. The molecule has 5 heteroatoms. The molecule has 1 aliphatic heterocycles. The monoisotopic (exact) mass is 320 g/mol. The first-order chi connectivity index (χ1) is 11.1. The first-order valence-electron chi connectivity index (χ1n) is 8.48. The second-order valence-electron chi connectivity index (χ2n) is 6.28. The Hall–Kier alpha value is -1.59. The van der Waals surface area contributed by atoms with Gasteiger partial charge in [0.1, 0.15) is 0 Å². The number of hydrogen-bond acceptors (Lipinski definition) is 3. The number of carbonyl (C=O) groups is 1. The molecule has 1 saturated heterocycles. The summed E-state index contributed by atoms with van der Waals surface area (Å²) in [4.78, 5) is 14.3. The summed E-state index contributed by atoms with van der Waals surface area (Å²) in [7, 11) is 0. The van der Waals surface area contributed by atoms with Crippen LogP contribution in [0.1, 0.15) is 32.3 Å². The molecule has 2 amide bonds. The van der Waals surface area contributed by atoms with Crippen molar-refractivity contribution in [1.82, 2.24) is 10.2 Å². The van der Waals surface area contributed by atoms with E-state index in [1.807, 2.05) is 25.1 Å². The number of hydrogen-bond donors (Lipinski definition) is 2. The van der Waals surface area contributed by atoms with Crippen molar-refractivity contribution in [1.29, 1.82) is 0 Å². The molecule has 23 heavy (non-hydrogen) atoms. The van der Waals surface area contributed by atoms with Crippen LogP contribution in [0.15, 0.2) is 30.3 Å². The van der Waals surface area contributed by atoms with E-state index in [0.717, 1.165) is 19.3 Å². The van der Waals surface area contributed by atoms with Gasteiger partial charge in [-0.1, -0.05) is 43.7 Å². The molecule has 0 aromatic heterocycles. The van der Waals surface area contributed by atoms with E-state index in [1.54, 1.807) is 4.90 Å². The molecular formula is C18H28N2O3. The van der Waals surface area contributed by atoms with Gasteiger partial charge in [0.2, 0.25) is 0 Å². The first-order valence-corrected chi connectivity index (χ1v) is 8.48. The highest BCUT2D eigenvalue weighted by Crippen LogP contribution is 2.13.